The lowest BCUT2D eigenvalue weighted by Gasteiger charge is -2.34. The number of methoxy groups -OCH3 is 2. The quantitative estimate of drug-likeness (QED) is 0.627. The van der Waals surface area contributed by atoms with E-state index in [4.69, 9.17) is 13.6 Å². The van der Waals surface area contributed by atoms with Crippen LogP contribution >= 0.6 is 0 Å². The average Bonchev–Trinajstić information content (AvgIpc) is 2.57. The van der Waals surface area contributed by atoms with E-state index in [0.717, 1.165) is 0 Å². The molecule has 0 N–H and O–H groups in total. The second-order valence-electron chi connectivity index (χ2n) is 7.64. The van der Waals surface area contributed by atoms with Gasteiger partial charge in [-0.1, -0.05) is 0 Å². The summed E-state index contributed by atoms with van der Waals surface area (Å²) in [6, 6.07) is 6.90. The van der Waals surface area contributed by atoms with Gasteiger partial charge >= 0.3 is 0 Å². The molecule has 2 rings (SSSR count). The molecule has 0 amide bonds. The fourth-order valence-electron chi connectivity index (χ4n) is 3.22. The summed E-state index contributed by atoms with van der Waals surface area (Å²) < 4.78 is 20.1. The lowest BCUT2D eigenvalue weighted by molar-refractivity contribution is 0.402. The van der Waals surface area contributed by atoms with Gasteiger partial charge in [-0.25, -0.2) is 0 Å². The van der Waals surface area contributed by atoms with Crippen LogP contribution in [0.3, 0.4) is 0 Å². The predicted molar refractivity (Wildman–Crippen MR) is 111 cm³/mol. The summed E-state index contributed by atoms with van der Waals surface area (Å²) in [6.07, 6.45) is 4.55. The zero-order valence-electron chi connectivity index (χ0n) is 16.8. The molecule has 9 heteroatoms. The first kappa shape index (κ1) is 21.2. The molecule has 0 radical (unpaired) electrons. The maximum Gasteiger partial charge on any atom is 0.292 e. The van der Waals surface area contributed by atoms with Crippen molar-refractivity contribution in [2.24, 2.45) is 0 Å². The van der Waals surface area contributed by atoms with E-state index in [2.05, 4.69) is 26.2 Å². The van der Waals surface area contributed by atoms with Crippen molar-refractivity contribution in [2.75, 3.05) is 14.2 Å². The van der Waals surface area contributed by atoms with Crippen molar-refractivity contribution in [2.45, 2.75) is 38.5 Å². The summed E-state index contributed by atoms with van der Waals surface area (Å²) in [5, 5.41) is 0. The van der Waals surface area contributed by atoms with Crippen LogP contribution in [0.15, 0.2) is 46.2 Å². The fraction of sp³-hybridized carbons (Fsp3) is 0.444. The molecular formula is C18H28N2O5Si2. The molecule has 2 aromatic heterocycles. The Hall–Kier alpha value is -2.11. The highest BCUT2D eigenvalue weighted by Gasteiger charge is 2.34. The fourth-order valence-corrected chi connectivity index (χ4v) is 11.9. The minimum absolute atomic E-state index is 0.160. The van der Waals surface area contributed by atoms with Gasteiger partial charge in [-0.05, 0) is 50.5 Å². The Bertz CT molecular complexity index is 832. The van der Waals surface area contributed by atoms with Gasteiger partial charge in [-0.15, -0.1) is 0 Å². The molecule has 0 saturated heterocycles. The van der Waals surface area contributed by atoms with Crippen LogP contribution in [0, 0.1) is 0 Å². The van der Waals surface area contributed by atoms with Crippen LogP contribution in [-0.2, 0) is 16.5 Å². The van der Waals surface area contributed by atoms with E-state index in [1.165, 1.54) is 14.2 Å². The maximum absolute atomic E-state index is 12.4. The monoisotopic (exact) mass is 408 g/mol. The summed E-state index contributed by atoms with van der Waals surface area (Å²) in [6.45, 7) is 8.34. The highest BCUT2D eigenvalue weighted by Crippen LogP contribution is 2.18. The zero-order chi connectivity index (χ0) is 20.2. The first-order valence-electron chi connectivity index (χ1n) is 8.76. The van der Waals surface area contributed by atoms with Crippen molar-refractivity contribution in [1.29, 1.82) is 0 Å². The van der Waals surface area contributed by atoms with Gasteiger partial charge in [0.2, 0.25) is 0 Å². The molecule has 0 aliphatic carbocycles. The molecule has 0 aromatic carbocycles. The van der Waals surface area contributed by atoms with E-state index in [-0.39, 0.29) is 11.1 Å². The van der Waals surface area contributed by atoms with Gasteiger partial charge in [0.1, 0.15) is 0 Å². The lowest BCUT2D eigenvalue weighted by Crippen LogP contribution is -2.51. The highest BCUT2D eigenvalue weighted by atomic mass is 28.4. The number of rotatable bonds is 8. The second-order valence-corrected chi connectivity index (χ2v) is 16.1. The average molecular weight is 409 g/mol. The molecule has 0 fully saturated rings. The lowest BCUT2D eigenvalue weighted by atomic mass is 10.4. The van der Waals surface area contributed by atoms with Crippen LogP contribution in [0.1, 0.15) is 0 Å². The Kier molecular flexibility index (Phi) is 6.50. The Morgan fingerprint density at radius 2 is 1.15 bits per heavy atom. The molecule has 7 nitrogen and oxygen atoms in total. The Labute approximate surface area is 161 Å². The molecule has 0 bridgehead atoms. The zero-order valence-corrected chi connectivity index (χ0v) is 18.8. The van der Waals surface area contributed by atoms with Crippen LogP contribution in [0.4, 0.5) is 0 Å². The summed E-state index contributed by atoms with van der Waals surface area (Å²) in [5.74, 6) is 0.642. The number of hydrogen-bond acceptors (Lipinski definition) is 5. The SMILES string of the molecule is COc1cccn(C[Si](C)(C)O[Si](C)(C)Cn2cccc(OC)c2=O)c1=O. The number of hydrogen-bond donors (Lipinski definition) is 0. The van der Waals surface area contributed by atoms with E-state index in [9.17, 15) is 9.59 Å². The van der Waals surface area contributed by atoms with Gasteiger partial charge in [-0.3, -0.25) is 9.59 Å². The first-order valence-corrected chi connectivity index (χ1v) is 15.0. The van der Waals surface area contributed by atoms with E-state index in [1.54, 1.807) is 45.8 Å². The number of pyridine rings is 2. The van der Waals surface area contributed by atoms with Crippen molar-refractivity contribution in [3.05, 3.63) is 57.4 Å². The van der Waals surface area contributed by atoms with E-state index < -0.39 is 16.6 Å². The Morgan fingerprint density at radius 1 is 0.778 bits per heavy atom. The van der Waals surface area contributed by atoms with Crippen molar-refractivity contribution in [3.8, 4) is 11.5 Å². The number of aromatic nitrogens is 2. The molecule has 0 unspecified atom stereocenters. The van der Waals surface area contributed by atoms with Gasteiger partial charge in [0.05, 0.1) is 14.2 Å². The van der Waals surface area contributed by atoms with Crippen molar-refractivity contribution < 1.29 is 13.6 Å². The maximum atomic E-state index is 12.4. The molecule has 0 aliphatic heterocycles. The Balaban J connectivity index is 2.18. The van der Waals surface area contributed by atoms with Gasteiger partial charge in [-0.2, -0.15) is 0 Å². The third kappa shape index (κ3) is 5.44. The van der Waals surface area contributed by atoms with E-state index in [0.29, 0.717) is 23.8 Å². The van der Waals surface area contributed by atoms with E-state index >= 15 is 0 Å². The summed E-state index contributed by atoms with van der Waals surface area (Å²) >= 11 is 0. The van der Waals surface area contributed by atoms with Crippen LogP contribution in [0.5, 0.6) is 11.5 Å². The number of nitrogens with zero attached hydrogens (tertiary/aromatic N) is 2. The minimum Gasteiger partial charge on any atom is -0.491 e. The van der Waals surface area contributed by atoms with E-state index in [1.807, 2.05) is 0 Å². The van der Waals surface area contributed by atoms with Crippen LogP contribution in [-0.4, -0.2) is 40.0 Å². The molecule has 148 valence electrons. The molecular weight excluding hydrogens is 380 g/mol. The summed E-state index contributed by atoms with van der Waals surface area (Å²) in [4.78, 5) is 24.8. The smallest absolute Gasteiger partial charge is 0.292 e. The molecule has 0 saturated carbocycles. The van der Waals surface area contributed by atoms with Gasteiger partial charge in [0, 0.05) is 24.7 Å². The molecule has 0 aliphatic rings. The largest absolute Gasteiger partial charge is 0.491 e. The number of ether oxygens (including phenoxy) is 2. The Morgan fingerprint density at radius 3 is 1.48 bits per heavy atom. The normalized spacial score (nSPS) is 12.1. The molecule has 2 aromatic rings. The second kappa shape index (κ2) is 8.28. The first-order chi connectivity index (χ1) is 12.6. The van der Waals surface area contributed by atoms with Gasteiger partial charge in [0.15, 0.2) is 28.1 Å². The summed E-state index contributed by atoms with van der Waals surface area (Å²) in [5.41, 5.74) is -0.319. The third-order valence-corrected chi connectivity index (χ3v) is 10.7. The minimum atomic E-state index is -2.22. The molecule has 0 atom stereocenters. The van der Waals surface area contributed by atoms with Crippen LogP contribution < -0.4 is 20.6 Å². The standard InChI is InChI=1S/C18H28N2O5Si2/c1-23-15-9-7-11-19(17(15)21)13-26(3,4)25-27(5,6)14-20-12-8-10-16(24-2)18(20)22/h7-12H,13-14H2,1-6H3. The van der Waals surface area contributed by atoms with Crippen molar-refractivity contribution in [1.82, 2.24) is 9.13 Å². The van der Waals surface area contributed by atoms with Crippen LogP contribution in [0.25, 0.3) is 0 Å². The predicted octanol–water partition coefficient (Wildman–Crippen LogP) is 2.23. The topological polar surface area (TPSA) is 71.7 Å². The molecule has 0 spiro atoms. The summed E-state index contributed by atoms with van der Waals surface area (Å²) in [7, 11) is -1.46. The highest BCUT2D eigenvalue weighted by molar-refractivity contribution is 6.83. The molecule has 27 heavy (non-hydrogen) atoms. The van der Waals surface area contributed by atoms with Gasteiger partial charge in [0.25, 0.3) is 11.1 Å². The van der Waals surface area contributed by atoms with Crippen molar-refractivity contribution in [3.63, 3.8) is 0 Å². The molecule has 2 heterocycles. The van der Waals surface area contributed by atoms with Gasteiger partial charge < -0.3 is 22.7 Å². The van der Waals surface area contributed by atoms with Crippen molar-refractivity contribution >= 4 is 16.6 Å². The van der Waals surface area contributed by atoms with Crippen LogP contribution in [0.2, 0.25) is 26.2 Å². The third-order valence-electron chi connectivity index (χ3n) is 4.07.